The second-order valence-electron chi connectivity index (χ2n) is 20.7. The fraction of sp³-hybridized carbons (Fsp3) is 0.0519. The third-order valence-corrected chi connectivity index (χ3v) is 21.0. The Morgan fingerprint density at radius 2 is 0.845 bits per heavy atom. The molecular formula is C77H57N4OOsP+. The van der Waals surface area contributed by atoms with Crippen molar-refractivity contribution >= 4 is 75.6 Å². The third kappa shape index (κ3) is 10.4. The summed E-state index contributed by atoms with van der Waals surface area (Å²) in [6.45, 7) is 5.21. The molecule has 0 amide bonds. The van der Waals surface area contributed by atoms with Crippen LogP contribution in [-0.2, 0) is 22.7 Å². The Labute approximate surface area is 501 Å². The van der Waals surface area contributed by atoms with E-state index in [2.05, 4.69) is 306 Å². The molecule has 0 aliphatic carbocycles. The molecule has 3 aromatic heterocycles. The number of aromatic nitrogens is 4. The van der Waals surface area contributed by atoms with Gasteiger partial charge in [0.15, 0.2) is 0 Å². The molecule has 10 aromatic rings. The van der Waals surface area contributed by atoms with Crippen LogP contribution >= 0.6 is 7.26 Å². The minimum absolute atomic E-state index is 0.514. The number of aromatic amines is 2. The van der Waals surface area contributed by atoms with Crippen LogP contribution in [0, 0.1) is 16.2 Å². The van der Waals surface area contributed by atoms with Gasteiger partial charge in [-0.15, -0.1) is 0 Å². The van der Waals surface area contributed by atoms with Crippen molar-refractivity contribution in [2.45, 2.75) is 13.8 Å². The maximum absolute atomic E-state index is 6.10. The Balaban J connectivity index is 1.03. The molecule has 2 N–H and O–H groups in total. The quantitative estimate of drug-likeness (QED) is 0.106. The summed E-state index contributed by atoms with van der Waals surface area (Å²) < 4.78 is 9.94. The van der Waals surface area contributed by atoms with Crippen LogP contribution in [0.3, 0.4) is 0 Å². The van der Waals surface area contributed by atoms with E-state index in [1.165, 1.54) is 21.5 Å². The number of fused-ring (bicyclic) bond motifs is 8. The predicted octanol–water partition coefficient (Wildman–Crippen LogP) is 17.4. The summed E-state index contributed by atoms with van der Waals surface area (Å²) >= 11 is 1.77. The molecule has 0 saturated carbocycles. The Morgan fingerprint density at radius 1 is 0.464 bits per heavy atom. The maximum atomic E-state index is 6.10. The van der Waals surface area contributed by atoms with Gasteiger partial charge in [0, 0.05) is 33.2 Å². The number of hydrogen-bond acceptors (Lipinski definition) is 3. The summed E-state index contributed by atoms with van der Waals surface area (Å²) in [6, 6.07) is 80.0. The van der Waals surface area contributed by atoms with Gasteiger partial charge in [0.2, 0.25) is 0 Å². The molecule has 0 radical (unpaired) electrons. The van der Waals surface area contributed by atoms with Crippen LogP contribution in [0.4, 0.5) is 0 Å². The van der Waals surface area contributed by atoms with Gasteiger partial charge in [0.25, 0.3) is 0 Å². The summed E-state index contributed by atoms with van der Waals surface area (Å²) in [5, 5.41) is 4.79. The van der Waals surface area contributed by atoms with E-state index in [4.69, 9.17) is 14.7 Å². The number of hydrogen-bond donors (Lipinski definition) is 2. The predicted molar refractivity (Wildman–Crippen MR) is 351 cm³/mol. The number of nitrogens with zero attached hydrogens (tertiary/aromatic N) is 2. The van der Waals surface area contributed by atoms with Gasteiger partial charge < -0.3 is 4.98 Å². The Morgan fingerprint density at radius 3 is 1.24 bits per heavy atom. The Hall–Kier alpha value is -9.53. The summed E-state index contributed by atoms with van der Waals surface area (Å²) in [5.41, 5.74) is 20.6. The molecule has 3 aliphatic heterocycles. The van der Waals surface area contributed by atoms with Crippen LogP contribution in [0.15, 0.2) is 265 Å². The molecule has 13 rings (SSSR count). The van der Waals surface area contributed by atoms with Crippen LogP contribution in [0.25, 0.3) is 97.0 Å². The van der Waals surface area contributed by atoms with Crippen molar-refractivity contribution in [2.24, 2.45) is 0 Å². The zero-order valence-corrected chi connectivity index (χ0v) is 49.9. The van der Waals surface area contributed by atoms with Crippen LogP contribution < -0.4 is 15.9 Å². The van der Waals surface area contributed by atoms with Gasteiger partial charge in [0.05, 0.1) is 17.1 Å². The van der Waals surface area contributed by atoms with Crippen LogP contribution in [0.2, 0.25) is 0 Å². The zero-order chi connectivity index (χ0) is 56.8. The minimum atomic E-state index is -2.57. The average molecular weight is 1280 g/mol. The molecule has 0 spiro atoms. The fourth-order valence-corrected chi connectivity index (χ4v) is 17.5. The number of nitrogens with one attached hydrogen (secondary N) is 2. The second-order valence-corrected chi connectivity index (χ2v) is 24.7. The molecule has 8 bridgehead atoms. The van der Waals surface area contributed by atoms with Crippen LogP contribution in [-0.4, -0.2) is 33.1 Å². The summed E-state index contributed by atoms with van der Waals surface area (Å²) in [4.78, 5) is 18.9. The number of ether oxygens (including phenoxy) is 1. The standard InChI is InChI=1S/C77H57N4OP.Os/c1-4-21-54-32-37-59(38-33-54)76-70-46-42-66(78-70)74(57-22-11-6-12-23-57)68-44-48-72(80-68)77(73-49-45-69(81-73)75(58-24-13-7-14-25-58)67-43-47-71(76)79-67)60-39-34-55(35-40-60)36-41-61(50-62-52-82-51-56(62)5-2)53(3)83(63-26-15-8-16-27-63,64-28-17-9-18-29-64)65-30-19-10-20-31-65;/h4-35,37-40,42-50,78,81H,51-52H2,1-2H3;/q+1;/b21-4+,56-5?,61-53?,62-50?,74-66?,74-68?,75-67?,75-69?,76-70?,76-71?,77-72?,77-73?;. The molecule has 1 fully saturated rings. The molecule has 7 heteroatoms. The van der Waals surface area contributed by atoms with E-state index in [0.717, 1.165) is 117 Å². The van der Waals surface area contributed by atoms with Gasteiger partial charge in [-0.3, -0.25) is 0 Å². The van der Waals surface area contributed by atoms with Crippen molar-refractivity contribution in [3.05, 3.63) is 299 Å². The van der Waals surface area contributed by atoms with Crippen molar-refractivity contribution in [1.82, 2.24) is 19.9 Å². The first-order valence-corrected chi connectivity index (χ1v) is 31.3. The molecule has 5 nitrogen and oxygen atoms in total. The van der Waals surface area contributed by atoms with Crippen LogP contribution in [0.5, 0.6) is 0 Å². The van der Waals surface area contributed by atoms with E-state index >= 15 is 0 Å². The number of benzene rings is 7. The molecule has 403 valence electrons. The fourth-order valence-electron chi connectivity index (χ4n) is 11.7. The molecule has 84 heavy (non-hydrogen) atoms. The first-order valence-electron chi connectivity index (χ1n) is 28.2. The van der Waals surface area contributed by atoms with Crippen LogP contribution in [0.1, 0.15) is 47.8 Å². The molecule has 6 heterocycles. The second kappa shape index (κ2) is 24.1. The van der Waals surface area contributed by atoms with Crippen molar-refractivity contribution in [2.75, 3.05) is 13.2 Å². The van der Waals surface area contributed by atoms with E-state index in [1.807, 2.05) is 6.92 Å². The Kier molecular flexibility index (Phi) is 15.4. The number of allylic oxidation sites excluding steroid dienone is 5. The van der Waals surface area contributed by atoms with E-state index < -0.39 is 7.26 Å². The molecule has 0 atom stereocenters. The van der Waals surface area contributed by atoms with Gasteiger partial charge in [-0.2, -0.15) is 0 Å². The Bertz CT molecular complexity index is 4480. The molecule has 1 saturated heterocycles. The normalized spacial score (nSPS) is 14.2. The third-order valence-electron chi connectivity index (χ3n) is 15.7. The summed E-state index contributed by atoms with van der Waals surface area (Å²) in [5.74, 6) is 7.49. The number of rotatable bonds is 10. The van der Waals surface area contributed by atoms with E-state index in [9.17, 15) is 0 Å². The first-order chi connectivity index (χ1) is 41.5. The van der Waals surface area contributed by atoms with Crippen molar-refractivity contribution in [3.8, 4) is 60.7 Å². The topological polar surface area (TPSA) is 66.6 Å². The van der Waals surface area contributed by atoms with Crippen molar-refractivity contribution < 1.29 is 22.7 Å². The molecule has 0 unspecified atom stereocenters. The summed E-state index contributed by atoms with van der Waals surface area (Å²) in [7, 11) is -2.57. The van der Waals surface area contributed by atoms with Gasteiger partial charge in [-0.25, -0.2) is 4.98 Å². The monoisotopic (exact) mass is 1280 g/mol. The molecule has 7 aromatic carbocycles. The van der Waals surface area contributed by atoms with E-state index in [0.29, 0.717) is 13.2 Å². The van der Waals surface area contributed by atoms with Gasteiger partial charge in [-0.05, 0) is 65.6 Å². The molecule has 3 aliphatic rings. The zero-order valence-electron chi connectivity index (χ0n) is 46.5. The molecular weight excluding hydrogens is 1220 g/mol. The van der Waals surface area contributed by atoms with Crippen molar-refractivity contribution in [3.63, 3.8) is 0 Å². The summed E-state index contributed by atoms with van der Waals surface area (Å²) in [6.07, 6.45) is 17.2. The van der Waals surface area contributed by atoms with Gasteiger partial charge >= 0.3 is 282 Å². The SMILES string of the molecule is CC=C1COCC1=CC(C#Cc1ccc(-c2c3nc(c(-c4ccccc4)c4ccc([nH]4)c(-c4ccc(/C=C/C)cc4)c4nc(c(-c5ccccc5)c5ccc2[nH]5)C=C4)C=C3)cc1)=C([C]#[Os])[P+](c1ccccc1)(c1ccccc1)c1ccccc1. The first kappa shape index (κ1) is 53.8. The van der Waals surface area contributed by atoms with E-state index in [1.54, 1.807) is 17.9 Å². The number of H-pyrrole nitrogens is 2. The average Bonchev–Trinajstić information content (AvgIpc) is 2.40. The van der Waals surface area contributed by atoms with Gasteiger partial charge in [0.1, 0.15) is 0 Å². The van der Waals surface area contributed by atoms with Crippen molar-refractivity contribution in [1.29, 1.82) is 0 Å². The van der Waals surface area contributed by atoms with E-state index in [-0.39, 0.29) is 0 Å². The van der Waals surface area contributed by atoms with Gasteiger partial charge in [-0.1, -0.05) is 97.1 Å².